The predicted molar refractivity (Wildman–Crippen MR) is 85.9 cm³/mol. The van der Waals surface area contributed by atoms with Gasteiger partial charge in [0.2, 0.25) is 0 Å². The van der Waals surface area contributed by atoms with Crippen LogP contribution in [0.3, 0.4) is 0 Å². The van der Waals surface area contributed by atoms with Gasteiger partial charge in [0.1, 0.15) is 11.8 Å². The first kappa shape index (κ1) is 14.8. The summed E-state index contributed by atoms with van der Waals surface area (Å²) in [6.07, 6.45) is 1.45. The molecule has 0 N–H and O–H groups in total. The zero-order chi connectivity index (χ0) is 15.9. The number of fused-ring (bicyclic) bond motifs is 1. The number of benzene rings is 1. The molecule has 0 atom stereocenters. The smallest absolute Gasteiger partial charge is 0.223 e. The molecule has 0 aliphatic carbocycles. The summed E-state index contributed by atoms with van der Waals surface area (Å²) in [5.41, 5.74) is 1.37. The minimum atomic E-state index is -3.77. The second kappa shape index (κ2) is 5.23. The van der Waals surface area contributed by atoms with Crippen LogP contribution in [-0.2, 0) is 10.0 Å². The zero-order valence-corrected chi connectivity index (χ0v) is 13.9. The van der Waals surface area contributed by atoms with Gasteiger partial charge < -0.3 is 0 Å². The molecule has 5 nitrogen and oxygen atoms in total. The Morgan fingerprint density at radius 3 is 2.50 bits per heavy atom. The third-order valence-corrected chi connectivity index (χ3v) is 5.56. The van der Waals surface area contributed by atoms with Gasteiger partial charge in [0.25, 0.3) is 10.0 Å². The fourth-order valence-electron chi connectivity index (χ4n) is 2.11. The van der Waals surface area contributed by atoms with E-state index in [-0.39, 0.29) is 16.2 Å². The molecule has 0 unspecified atom stereocenters. The SMILES string of the molecule is Cc1ccc(S(=O)(=O)n2cc(Br)c3ccc(C#N)nc32)cc1. The number of aromatic nitrogens is 2. The van der Waals surface area contributed by atoms with Crippen LogP contribution in [0.1, 0.15) is 11.3 Å². The second-order valence-electron chi connectivity index (χ2n) is 4.77. The van der Waals surface area contributed by atoms with Gasteiger partial charge in [-0.2, -0.15) is 5.26 Å². The molecule has 0 saturated carbocycles. The lowest BCUT2D eigenvalue weighted by Gasteiger charge is -2.07. The number of halogens is 1. The van der Waals surface area contributed by atoms with Gasteiger partial charge in [-0.15, -0.1) is 0 Å². The zero-order valence-electron chi connectivity index (χ0n) is 11.5. The number of aryl methyl sites for hydroxylation is 1. The average Bonchev–Trinajstić information content (AvgIpc) is 2.85. The van der Waals surface area contributed by atoms with E-state index >= 15 is 0 Å². The van der Waals surface area contributed by atoms with Crippen molar-refractivity contribution in [2.75, 3.05) is 0 Å². The Kier molecular flexibility index (Phi) is 3.51. The number of rotatable bonds is 2. The highest BCUT2D eigenvalue weighted by atomic mass is 79.9. The summed E-state index contributed by atoms with van der Waals surface area (Å²) in [5, 5.41) is 9.60. The summed E-state index contributed by atoms with van der Waals surface area (Å²) in [5.74, 6) is 0. The Morgan fingerprint density at radius 2 is 1.86 bits per heavy atom. The van der Waals surface area contributed by atoms with Gasteiger partial charge in [-0.3, -0.25) is 0 Å². The average molecular weight is 376 g/mol. The van der Waals surface area contributed by atoms with Crippen LogP contribution < -0.4 is 0 Å². The van der Waals surface area contributed by atoms with Gasteiger partial charge in [0.05, 0.1) is 4.90 Å². The molecule has 0 amide bonds. The molecule has 7 heteroatoms. The fourth-order valence-corrected chi connectivity index (χ4v) is 4.07. The second-order valence-corrected chi connectivity index (χ2v) is 7.44. The third-order valence-electron chi connectivity index (χ3n) is 3.26. The Labute approximate surface area is 136 Å². The first-order valence-corrected chi connectivity index (χ1v) is 8.57. The van der Waals surface area contributed by atoms with Crippen molar-refractivity contribution in [1.29, 1.82) is 5.26 Å². The first-order valence-electron chi connectivity index (χ1n) is 6.33. The molecule has 3 aromatic rings. The molecule has 3 rings (SSSR count). The normalized spacial score (nSPS) is 11.5. The number of nitriles is 1. The third kappa shape index (κ3) is 2.30. The van der Waals surface area contributed by atoms with E-state index < -0.39 is 10.0 Å². The molecule has 0 bridgehead atoms. The van der Waals surface area contributed by atoms with Crippen molar-refractivity contribution in [2.24, 2.45) is 0 Å². The molecule has 0 spiro atoms. The minimum absolute atomic E-state index is 0.165. The molecule has 2 heterocycles. The molecule has 2 aromatic heterocycles. The molecule has 0 saturated heterocycles. The van der Waals surface area contributed by atoms with Crippen molar-refractivity contribution >= 4 is 37.0 Å². The highest BCUT2D eigenvalue weighted by Crippen LogP contribution is 2.28. The van der Waals surface area contributed by atoms with Crippen LogP contribution >= 0.6 is 15.9 Å². The van der Waals surface area contributed by atoms with E-state index in [1.165, 1.54) is 6.20 Å². The van der Waals surface area contributed by atoms with E-state index in [9.17, 15) is 8.42 Å². The van der Waals surface area contributed by atoms with Gasteiger partial charge in [-0.1, -0.05) is 17.7 Å². The quantitative estimate of drug-likeness (QED) is 0.688. The molecule has 22 heavy (non-hydrogen) atoms. The Hall–Kier alpha value is -2.17. The minimum Gasteiger partial charge on any atom is -0.223 e. The predicted octanol–water partition coefficient (Wildman–Crippen LogP) is 3.22. The Bertz CT molecular complexity index is 1020. The largest absolute Gasteiger partial charge is 0.269 e. The molecule has 0 aliphatic heterocycles. The lowest BCUT2D eigenvalue weighted by molar-refractivity contribution is 0.588. The van der Waals surface area contributed by atoms with Crippen LogP contribution in [-0.4, -0.2) is 17.4 Å². The number of pyridine rings is 1. The highest BCUT2D eigenvalue weighted by Gasteiger charge is 2.21. The summed E-state index contributed by atoms with van der Waals surface area (Å²) in [6.45, 7) is 1.89. The fraction of sp³-hybridized carbons (Fsp3) is 0.0667. The van der Waals surface area contributed by atoms with E-state index in [2.05, 4.69) is 20.9 Å². The van der Waals surface area contributed by atoms with Gasteiger partial charge in [-0.25, -0.2) is 17.4 Å². The number of hydrogen-bond donors (Lipinski definition) is 0. The van der Waals surface area contributed by atoms with E-state index in [0.29, 0.717) is 9.86 Å². The van der Waals surface area contributed by atoms with E-state index in [1.807, 2.05) is 13.0 Å². The van der Waals surface area contributed by atoms with Crippen LogP contribution in [0.15, 0.2) is 52.0 Å². The van der Waals surface area contributed by atoms with Gasteiger partial charge in [0.15, 0.2) is 5.65 Å². The van der Waals surface area contributed by atoms with Crippen molar-refractivity contribution in [3.8, 4) is 6.07 Å². The van der Waals surface area contributed by atoms with E-state index in [1.54, 1.807) is 36.4 Å². The van der Waals surface area contributed by atoms with Crippen LogP contribution in [0.4, 0.5) is 0 Å². The van der Waals surface area contributed by atoms with Crippen LogP contribution in [0.5, 0.6) is 0 Å². The van der Waals surface area contributed by atoms with E-state index in [4.69, 9.17) is 5.26 Å². The molecular formula is C15H10BrN3O2S. The maximum absolute atomic E-state index is 12.8. The maximum Gasteiger partial charge on any atom is 0.269 e. The topological polar surface area (TPSA) is 75.8 Å². The Balaban J connectivity index is 2.29. The molecule has 110 valence electrons. The van der Waals surface area contributed by atoms with Crippen molar-refractivity contribution < 1.29 is 8.42 Å². The summed E-state index contributed by atoms with van der Waals surface area (Å²) < 4.78 is 27.3. The van der Waals surface area contributed by atoms with E-state index in [0.717, 1.165) is 9.54 Å². The molecular weight excluding hydrogens is 366 g/mol. The molecule has 0 fully saturated rings. The molecule has 0 radical (unpaired) electrons. The lowest BCUT2D eigenvalue weighted by Crippen LogP contribution is -2.12. The summed E-state index contributed by atoms with van der Waals surface area (Å²) in [6, 6.07) is 11.7. The standard InChI is InChI=1S/C15H10BrN3O2S/c1-10-2-5-12(6-3-10)22(20,21)19-9-14(16)13-7-4-11(8-17)18-15(13)19/h2-7,9H,1H3. The number of nitrogens with zero attached hydrogens (tertiary/aromatic N) is 3. The van der Waals surface area contributed by atoms with Crippen molar-refractivity contribution in [3.05, 3.63) is 58.3 Å². The monoisotopic (exact) mass is 375 g/mol. The van der Waals surface area contributed by atoms with Crippen LogP contribution in [0.2, 0.25) is 0 Å². The lowest BCUT2D eigenvalue weighted by atomic mass is 10.2. The van der Waals surface area contributed by atoms with Gasteiger partial charge in [-0.05, 0) is 47.1 Å². The van der Waals surface area contributed by atoms with Gasteiger partial charge in [0, 0.05) is 16.1 Å². The Morgan fingerprint density at radius 1 is 1.18 bits per heavy atom. The first-order chi connectivity index (χ1) is 10.4. The summed E-state index contributed by atoms with van der Waals surface area (Å²) in [4.78, 5) is 4.29. The summed E-state index contributed by atoms with van der Waals surface area (Å²) in [7, 11) is -3.77. The summed E-state index contributed by atoms with van der Waals surface area (Å²) >= 11 is 3.33. The molecule has 0 aliphatic rings. The van der Waals surface area contributed by atoms with Gasteiger partial charge >= 0.3 is 0 Å². The van der Waals surface area contributed by atoms with Crippen LogP contribution in [0.25, 0.3) is 11.0 Å². The van der Waals surface area contributed by atoms with Crippen molar-refractivity contribution in [3.63, 3.8) is 0 Å². The molecule has 1 aromatic carbocycles. The van der Waals surface area contributed by atoms with Crippen molar-refractivity contribution in [2.45, 2.75) is 11.8 Å². The number of hydrogen-bond acceptors (Lipinski definition) is 4. The van der Waals surface area contributed by atoms with Crippen LogP contribution in [0, 0.1) is 18.3 Å². The maximum atomic E-state index is 12.8. The highest BCUT2D eigenvalue weighted by molar-refractivity contribution is 9.10. The van der Waals surface area contributed by atoms with Crippen molar-refractivity contribution in [1.82, 2.24) is 8.96 Å².